The van der Waals surface area contributed by atoms with Gasteiger partial charge in [-0.1, -0.05) is 30.2 Å². The molecule has 1 N–H and O–H groups in total. The minimum absolute atomic E-state index is 0.0151. The van der Waals surface area contributed by atoms with E-state index in [1.54, 1.807) is 35.0 Å². The fourth-order valence-electron chi connectivity index (χ4n) is 4.90. The van der Waals surface area contributed by atoms with Gasteiger partial charge in [-0.3, -0.25) is 14.2 Å². The van der Waals surface area contributed by atoms with Gasteiger partial charge in [-0.2, -0.15) is 0 Å². The first-order chi connectivity index (χ1) is 18.8. The van der Waals surface area contributed by atoms with Crippen molar-refractivity contribution in [2.75, 3.05) is 37.2 Å². The number of halogens is 1. The number of thiophene rings is 1. The standard InChI is InChI=1S/C29H30ClN3O4S2/c30-27-10-11-28(38-27)39(36,37)20-25(34)18-21-4-7-24(8-5-21)33-16-12-22-19-23(6-9-26(22)29(33)35)31-13-17-32-14-2-1-3-15-32/h4-12,16,19,31H,1-3,13-15,17-18,20H2. The number of aromatic nitrogens is 1. The Morgan fingerprint density at radius 3 is 2.46 bits per heavy atom. The van der Waals surface area contributed by atoms with Crippen LogP contribution in [0.4, 0.5) is 5.69 Å². The number of carbonyl (C=O) groups is 1. The molecule has 1 fully saturated rings. The van der Waals surface area contributed by atoms with Crippen LogP contribution in [0.5, 0.6) is 0 Å². The minimum Gasteiger partial charge on any atom is -0.384 e. The Balaban J connectivity index is 1.23. The molecule has 0 bridgehead atoms. The zero-order chi connectivity index (χ0) is 27.4. The lowest BCUT2D eigenvalue weighted by Crippen LogP contribution is -2.33. The zero-order valence-corrected chi connectivity index (χ0v) is 23.8. The molecule has 0 radical (unpaired) electrons. The van der Waals surface area contributed by atoms with Crippen LogP contribution < -0.4 is 10.9 Å². The van der Waals surface area contributed by atoms with E-state index >= 15 is 0 Å². The maximum absolute atomic E-state index is 13.2. The van der Waals surface area contributed by atoms with Crippen LogP contribution in [0.1, 0.15) is 24.8 Å². The van der Waals surface area contributed by atoms with Crippen LogP contribution in [-0.4, -0.2) is 55.6 Å². The molecule has 0 spiro atoms. The lowest BCUT2D eigenvalue weighted by molar-refractivity contribution is -0.116. The number of rotatable bonds is 10. The Kier molecular flexibility index (Phi) is 8.52. The van der Waals surface area contributed by atoms with Gasteiger partial charge in [0.25, 0.3) is 5.56 Å². The van der Waals surface area contributed by atoms with E-state index in [1.165, 1.54) is 44.5 Å². The van der Waals surface area contributed by atoms with Crippen LogP contribution in [-0.2, 0) is 21.1 Å². The smallest absolute Gasteiger partial charge is 0.262 e. The van der Waals surface area contributed by atoms with Crippen LogP contribution in [0, 0.1) is 0 Å². The van der Waals surface area contributed by atoms with Gasteiger partial charge in [0.05, 0.1) is 4.34 Å². The van der Waals surface area contributed by atoms with Crippen LogP contribution in [0.25, 0.3) is 16.5 Å². The summed E-state index contributed by atoms with van der Waals surface area (Å²) in [4.78, 5) is 28.2. The first-order valence-electron chi connectivity index (χ1n) is 13.0. The number of ketones is 1. The van der Waals surface area contributed by atoms with Gasteiger partial charge in [0, 0.05) is 42.5 Å². The molecule has 1 saturated heterocycles. The predicted octanol–water partition coefficient (Wildman–Crippen LogP) is 5.19. The average Bonchev–Trinajstić information content (AvgIpc) is 3.37. The highest BCUT2D eigenvalue weighted by atomic mass is 35.5. The lowest BCUT2D eigenvalue weighted by Gasteiger charge is -2.26. The van der Waals surface area contributed by atoms with Gasteiger partial charge in [-0.15, -0.1) is 11.3 Å². The molecule has 10 heteroatoms. The molecule has 0 amide bonds. The molecule has 0 aliphatic carbocycles. The quantitative estimate of drug-likeness (QED) is 0.276. The summed E-state index contributed by atoms with van der Waals surface area (Å²) in [6, 6.07) is 17.7. The second-order valence-electron chi connectivity index (χ2n) is 9.82. The van der Waals surface area contributed by atoms with Gasteiger partial charge < -0.3 is 10.2 Å². The summed E-state index contributed by atoms with van der Waals surface area (Å²) in [5.41, 5.74) is 2.21. The molecule has 3 heterocycles. The molecule has 2 aromatic heterocycles. The Labute approximate surface area is 237 Å². The average molecular weight is 584 g/mol. The summed E-state index contributed by atoms with van der Waals surface area (Å²) in [7, 11) is -3.72. The number of hydrogen-bond acceptors (Lipinski definition) is 7. The Hall–Kier alpha value is -2.98. The van der Waals surface area contributed by atoms with Crippen molar-refractivity contribution in [1.82, 2.24) is 9.47 Å². The molecular formula is C29H30ClN3O4S2. The highest BCUT2D eigenvalue weighted by Gasteiger charge is 2.21. The summed E-state index contributed by atoms with van der Waals surface area (Å²) in [6.07, 6.45) is 5.62. The number of sulfone groups is 1. The summed E-state index contributed by atoms with van der Waals surface area (Å²) in [6.45, 7) is 4.22. The number of Topliss-reactive ketones (excluding diaryl/α,β-unsaturated/α-hetero) is 1. The highest BCUT2D eigenvalue weighted by Crippen LogP contribution is 2.26. The summed E-state index contributed by atoms with van der Waals surface area (Å²) in [5, 5.41) is 4.97. The number of carbonyl (C=O) groups excluding carboxylic acids is 1. The van der Waals surface area contributed by atoms with E-state index in [1.807, 2.05) is 24.3 Å². The number of likely N-dealkylation sites (tertiary alicyclic amines) is 1. The van der Waals surface area contributed by atoms with E-state index in [2.05, 4.69) is 10.2 Å². The van der Waals surface area contributed by atoms with Crippen LogP contribution in [0.15, 0.2) is 75.9 Å². The van der Waals surface area contributed by atoms with Crippen molar-refractivity contribution in [1.29, 1.82) is 0 Å². The van der Waals surface area contributed by atoms with Crippen molar-refractivity contribution in [3.8, 4) is 5.69 Å². The van der Waals surface area contributed by atoms with Gasteiger partial charge in [0.15, 0.2) is 15.6 Å². The first-order valence-corrected chi connectivity index (χ1v) is 15.8. The molecule has 0 unspecified atom stereocenters. The van der Waals surface area contributed by atoms with Crippen molar-refractivity contribution >= 4 is 55.0 Å². The highest BCUT2D eigenvalue weighted by molar-refractivity contribution is 7.94. The number of piperidine rings is 1. The van der Waals surface area contributed by atoms with Crippen molar-refractivity contribution in [3.05, 3.63) is 87.1 Å². The normalized spacial score (nSPS) is 14.5. The summed E-state index contributed by atoms with van der Waals surface area (Å²) in [5.74, 6) is -0.986. The Morgan fingerprint density at radius 2 is 1.74 bits per heavy atom. The Morgan fingerprint density at radius 1 is 0.974 bits per heavy atom. The van der Waals surface area contributed by atoms with Crippen molar-refractivity contribution < 1.29 is 13.2 Å². The number of fused-ring (bicyclic) bond motifs is 1. The SMILES string of the molecule is O=C(Cc1ccc(-n2ccc3cc(NCCN4CCCCC4)ccc3c2=O)cc1)CS(=O)(=O)c1ccc(Cl)s1. The molecule has 1 aliphatic rings. The van der Waals surface area contributed by atoms with Crippen LogP contribution in [0.3, 0.4) is 0 Å². The third-order valence-corrected chi connectivity index (χ3v) is 10.4. The molecular weight excluding hydrogens is 554 g/mol. The van der Waals surface area contributed by atoms with E-state index < -0.39 is 21.4 Å². The molecule has 0 saturated carbocycles. The molecule has 1 aliphatic heterocycles. The van der Waals surface area contributed by atoms with Gasteiger partial charge in [-0.05, 0) is 85.4 Å². The number of pyridine rings is 1. The van der Waals surface area contributed by atoms with Gasteiger partial charge >= 0.3 is 0 Å². The van der Waals surface area contributed by atoms with Crippen molar-refractivity contribution in [2.24, 2.45) is 0 Å². The number of nitrogens with one attached hydrogen (secondary N) is 1. The molecule has 204 valence electrons. The second kappa shape index (κ2) is 12.0. The monoisotopic (exact) mass is 583 g/mol. The van der Waals surface area contributed by atoms with E-state index in [-0.39, 0.29) is 16.2 Å². The minimum atomic E-state index is -3.72. The lowest BCUT2D eigenvalue weighted by atomic mass is 10.1. The fraction of sp³-hybridized carbons (Fsp3) is 0.310. The van der Waals surface area contributed by atoms with Crippen molar-refractivity contribution in [3.63, 3.8) is 0 Å². The third kappa shape index (κ3) is 6.78. The zero-order valence-electron chi connectivity index (χ0n) is 21.4. The Bertz CT molecular complexity index is 1640. The van der Waals surface area contributed by atoms with E-state index in [0.717, 1.165) is 35.5 Å². The van der Waals surface area contributed by atoms with E-state index in [0.29, 0.717) is 21.0 Å². The summed E-state index contributed by atoms with van der Waals surface area (Å²) < 4.78 is 26.9. The number of benzene rings is 2. The van der Waals surface area contributed by atoms with E-state index in [4.69, 9.17) is 11.6 Å². The number of anilines is 1. The number of hydrogen-bond donors (Lipinski definition) is 1. The molecule has 5 rings (SSSR count). The molecule has 0 atom stereocenters. The second-order valence-corrected chi connectivity index (χ2v) is 13.8. The van der Waals surface area contributed by atoms with Crippen molar-refractivity contribution in [2.45, 2.75) is 29.9 Å². The summed E-state index contributed by atoms with van der Waals surface area (Å²) >= 11 is 6.77. The largest absolute Gasteiger partial charge is 0.384 e. The van der Waals surface area contributed by atoms with Crippen LogP contribution in [0.2, 0.25) is 4.34 Å². The van der Waals surface area contributed by atoms with Crippen LogP contribution >= 0.6 is 22.9 Å². The van der Waals surface area contributed by atoms with Gasteiger partial charge in [0.2, 0.25) is 0 Å². The molecule has 2 aromatic carbocycles. The van der Waals surface area contributed by atoms with E-state index in [9.17, 15) is 18.0 Å². The van der Waals surface area contributed by atoms with Gasteiger partial charge in [-0.25, -0.2) is 8.42 Å². The fourth-order valence-corrected chi connectivity index (χ4v) is 7.71. The number of nitrogens with zero attached hydrogens (tertiary/aromatic N) is 2. The third-order valence-electron chi connectivity index (χ3n) is 6.93. The maximum Gasteiger partial charge on any atom is 0.262 e. The molecule has 39 heavy (non-hydrogen) atoms. The maximum atomic E-state index is 13.2. The predicted molar refractivity (Wildman–Crippen MR) is 158 cm³/mol. The molecule has 4 aromatic rings. The topological polar surface area (TPSA) is 88.5 Å². The molecule has 7 nitrogen and oxygen atoms in total. The first kappa shape index (κ1) is 27.6. The van der Waals surface area contributed by atoms with Gasteiger partial charge in [0.1, 0.15) is 9.96 Å².